The van der Waals surface area contributed by atoms with Crippen LogP contribution >= 0.6 is 0 Å². The predicted molar refractivity (Wildman–Crippen MR) is 202 cm³/mol. The van der Waals surface area contributed by atoms with Gasteiger partial charge in [-0.3, -0.25) is 33.7 Å². The summed E-state index contributed by atoms with van der Waals surface area (Å²) in [5.41, 5.74) is 6.15. The number of Topliss-reactive ketones (excluding diaryl/α,β-unsaturated/α-hetero) is 1. The topological polar surface area (TPSA) is 256 Å². The van der Waals surface area contributed by atoms with E-state index < -0.39 is 42.1 Å². The Morgan fingerprint density at radius 3 is 1.98 bits per heavy atom. The van der Waals surface area contributed by atoms with Crippen molar-refractivity contribution in [1.82, 2.24) is 30.7 Å². The summed E-state index contributed by atoms with van der Waals surface area (Å²) in [6.45, 7) is 5.07. The van der Waals surface area contributed by atoms with E-state index in [1.807, 2.05) is 0 Å². The van der Waals surface area contributed by atoms with Crippen LogP contribution < -0.4 is 27.0 Å². The fourth-order valence-corrected chi connectivity index (χ4v) is 5.14. The number of unbranched alkanes of at least 4 members (excludes halogenated alkanes) is 2. The van der Waals surface area contributed by atoms with Crippen LogP contribution in [-0.2, 0) is 44.8 Å². The van der Waals surface area contributed by atoms with Gasteiger partial charge in [0, 0.05) is 64.5 Å². The van der Waals surface area contributed by atoms with Crippen LogP contribution in [0, 0.1) is 5.92 Å². The first-order chi connectivity index (χ1) is 26.5. The molecule has 0 aromatic heterocycles. The number of carbonyl (C=O) groups is 9. The molecule has 1 aliphatic rings. The van der Waals surface area contributed by atoms with Gasteiger partial charge in [0.1, 0.15) is 18.7 Å². The van der Waals surface area contributed by atoms with E-state index in [0.717, 1.165) is 4.90 Å². The van der Waals surface area contributed by atoms with Crippen molar-refractivity contribution in [3.63, 3.8) is 0 Å². The molecule has 0 radical (unpaired) electrons. The van der Waals surface area contributed by atoms with Crippen molar-refractivity contribution in [2.45, 2.75) is 78.0 Å². The minimum absolute atomic E-state index is 0.0833. The van der Waals surface area contributed by atoms with Crippen molar-refractivity contribution in [3.8, 4) is 0 Å². The van der Waals surface area contributed by atoms with Gasteiger partial charge >= 0.3 is 18.2 Å². The predicted octanol–water partition coefficient (Wildman–Crippen LogP) is 1.41. The maximum atomic E-state index is 13.4. The van der Waals surface area contributed by atoms with Gasteiger partial charge in [-0.15, -0.1) is 0 Å². The van der Waals surface area contributed by atoms with Crippen molar-refractivity contribution in [2.24, 2.45) is 11.7 Å². The Labute approximate surface area is 326 Å². The molecule has 9 amide bonds. The Balaban J connectivity index is 1.91. The van der Waals surface area contributed by atoms with Crippen molar-refractivity contribution in [1.29, 1.82) is 0 Å². The van der Waals surface area contributed by atoms with Gasteiger partial charge < -0.3 is 46.3 Å². The Bertz CT molecular complexity index is 1580. The number of likely N-dealkylation sites (N-methyl/N-ethyl adjacent to an activating group) is 2. The highest BCUT2D eigenvalue weighted by molar-refractivity contribution is 6.12. The zero-order valence-corrected chi connectivity index (χ0v) is 32.6. The molecule has 1 aromatic carbocycles. The maximum absolute atomic E-state index is 13.4. The Morgan fingerprint density at radius 2 is 1.41 bits per heavy atom. The number of hydrogen-bond acceptors (Lipinski definition) is 11. The number of ketones is 1. The monoisotopic (exact) mass is 786 g/mol. The lowest BCUT2D eigenvalue weighted by Crippen LogP contribution is -2.54. The lowest BCUT2D eigenvalue weighted by atomic mass is 10.0. The fraction of sp³-hybridized carbons (Fsp3) is 0.541. The molecule has 1 aliphatic heterocycles. The third-order valence-electron chi connectivity index (χ3n) is 8.43. The van der Waals surface area contributed by atoms with E-state index >= 15 is 0 Å². The normalized spacial score (nSPS) is 13.1. The van der Waals surface area contributed by atoms with Crippen LogP contribution in [0.2, 0.25) is 0 Å². The summed E-state index contributed by atoms with van der Waals surface area (Å²) in [6, 6.07) is 3.72. The smallest absolute Gasteiger partial charge is 0.409 e. The van der Waals surface area contributed by atoms with Gasteiger partial charge in [-0.2, -0.15) is 0 Å². The van der Waals surface area contributed by atoms with E-state index in [1.165, 1.54) is 43.0 Å². The Kier molecular flexibility index (Phi) is 19.5. The number of anilines is 1. The molecule has 0 fully saturated rings. The third-order valence-corrected chi connectivity index (χ3v) is 8.43. The highest BCUT2D eigenvalue weighted by atomic mass is 16.6. The molecule has 0 spiro atoms. The van der Waals surface area contributed by atoms with Crippen molar-refractivity contribution >= 4 is 59.2 Å². The Morgan fingerprint density at radius 1 is 0.804 bits per heavy atom. The molecule has 0 bridgehead atoms. The van der Waals surface area contributed by atoms with Gasteiger partial charge in [0.05, 0.1) is 0 Å². The van der Waals surface area contributed by atoms with Crippen LogP contribution in [0.3, 0.4) is 0 Å². The molecule has 0 unspecified atom stereocenters. The van der Waals surface area contributed by atoms with Gasteiger partial charge in [-0.1, -0.05) is 32.4 Å². The number of benzene rings is 1. The number of urea groups is 1. The zero-order valence-electron chi connectivity index (χ0n) is 32.6. The first-order valence-electron chi connectivity index (χ1n) is 18.3. The number of hydrogen-bond donors (Lipinski definition) is 5. The second-order valence-electron chi connectivity index (χ2n) is 13.6. The lowest BCUT2D eigenvalue weighted by Gasteiger charge is -2.25. The fourth-order valence-electron chi connectivity index (χ4n) is 5.14. The highest BCUT2D eigenvalue weighted by Gasteiger charge is 2.29. The lowest BCUT2D eigenvalue weighted by molar-refractivity contribution is -0.137. The van der Waals surface area contributed by atoms with Crippen molar-refractivity contribution in [3.05, 3.63) is 42.0 Å². The molecule has 0 saturated heterocycles. The van der Waals surface area contributed by atoms with Gasteiger partial charge in [0.25, 0.3) is 11.8 Å². The van der Waals surface area contributed by atoms with Crippen molar-refractivity contribution < 1.29 is 52.6 Å². The molecule has 2 atom stereocenters. The van der Waals surface area contributed by atoms with E-state index in [4.69, 9.17) is 15.2 Å². The summed E-state index contributed by atoms with van der Waals surface area (Å²) in [5.74, 6) is -2.83. The molecule has 308 valence electrons. The summed E-state index contributed by atoms with van der Waals surface area (Å²) in [4.78, 5) is 113. The van der Waals surface area contributed by atoms with Crippen LogP contribution in [0.1, 0.15) is 64.9 Å². The van der Waals surface area contributed by atoms with E-state index in [1.54, 1.807) is 38.1 Å². The van der Waals surface area contributed by atoms with Crippen molar-refractivity contribution in [2.75, 3.05) is 52.2 Å². The molecule has 1 aromatic rings. The van der Waals surface area contributed by atoms with E-state index in [2.05, 4.69) is 21.3 Å². The number of rotatable bonds is 23. The molecule has 19 nitrogen and oxygen atoms in total. The number of amides is 9. The van der Waals surface area contributed by atoms with Gasteiger partial charge in [-0.05, 0) is 56.2 Å². The zero-order chi connectivity index (χ0) is 41.8. The molecule has 0 saturated carbocycles. The molecule has 0 aliphatic carbocycles. The average molecular weight is 787 g/mol. The minimum Gasteiger partial charge on any atom is -0.445 e. The largest absolute Gasteiger partial charge is 0.445 e. The average Bonchev–Trinajstić information content (AvgIpc) is 3.47. The van der Waals surface area contributed by atoms with Crippen LogP contribution in [0.5, 0.6) is 0 Å². The quantitative estimate of drug-likeness (QED) is 0.0783. The molecule has 1 heterocycles. The molecule has 6 N–H and O–H groups in total. The number of nitrogens with zero attached hydrogens (tertiary/aromatic N) is 3. The van der Waals surface area contributed by atoms with Gasteiger partial charge in [0.2, 0.25) is 17.7 Å². The molecular formula is C37H54N8O11. The number of nitrogens with two attached hydrogens (primary N) is 1. The first-order valence-corrected chi connectivity index (χ1v) is 18.3. The third kappa shape index (κ3) is 17.0. The summed E-state index contributed by atoms with van der Waals surface area (Å²) in [5, 5.41) is 10.7. The second kappa shape index (κ2) is 23.7. The van der Waals surface area contributed by atoms with Crippen LogP contribution in [0.15, 0.2) is 36.4 Å². The molecule has 19 heteroatoms. The van der Waals surface area contributed by atoms with Gasteiger partial charge in [-0.25, -0.2) is 14.4 Å². The number of carbonyl (C=O) groups excluding carboxylic acids is 9. The minimum atomic E-state index is -1.05. The molecule has 2 rings (SSSR count). The number of ether oxygens (including phenoxy) is 2. The van der Waals surface area contributed by atoms with Gasteiger partial charge in [0.15, 0.2) is 12.4 Å². The molecular weight excluding hydrogens is 732 g/mol. The summed E-state index contributed by atoms with van der Waals surface area (Å²) in [6.07, 6.45) is 3.22. The summed E-state index contributed by atoms with van der Waals surface area (Å²) < 4.78 is 10.2. The number of imide groups is 1. The summed E-state index contributed by atoms with van der Waals surface area (Å²) >= 11 is 0. The first kappa shape index (κ1) is 46.1. The maximum Gasteiger partial charge on any atom is 0.409 e. The van der Waals surface area contributed by atoms with Crippen LogP contribution in [0.25, 0.3) is 0 Å². The molecule has 56 heavy (non-hydrogen) atoms. The van der Waals surface area contributed by atoms with E-state index in [-0.39, 0.29) is 81.7 Å². The van der Waals surface area contributed by atoms with Crippen LogP contribution in [-0.4, -0.2) is 127 Å². The SMILES string of the molecule is CC(=O)COC(=O)N(C)CCN(C)C(=O)OCc1ccc(NC(=O)[C@H](CCCNC(N)=O)NC(=O)[C@@H](NC(=O)CCCCCN2C(=O)C=CC2=O)C(C)C)cc1. The number of nitrogens with one attached hydrogen (secondary N) is 4. The standard InChI is InChI=1S/C37H54N8O11/c1-24(2)32(42-29(47)11-7-6-8-19-45-30(48)16-17-31(45)49)34(51)41-28(10-9-18-39-35(38)52)33(50)40-27-14-12-26(13-15-27)23-56-37(54)44(5)21-20-43(4)36(53)55-22-25(3)46/h12-17,24,28,32H,6-11,18-23H2,1-5H3,(H,40,50)(H,41,51)(H,42,47)(H3,38,39,52)/t28-,32-/m0/s1. The second-order valence-corrected chi connectivity index (χ2v) is 13.6. The number of primary amides is 1. The van der Waals surface area contributed by atoms with E-state index in [0.29, 0.717) is 36.9 Å². The van der Waals surface area contributed by atoms with Crippen LogP contribution in [0.4, 0.5) is 20.1 Å². The summed E-state index contributed by atoms with van der Waals surface area (Å²) in [7, 11) is 2.97. The Hall–Kier alpha value is -6.01. The van der Waals surface area contributed by atoms with E-state index in [9.17, 15) is 43.2 Å². The highest BCUT2D eigenvalue weighted by Crippen LogP contribution is 2.14.